The fraction of sp³-hybridized carbons (Fsp3) is 1.00. The first-order valence-electron chi connectivity index (χ1n) is 7.93. The second-order valence-corrected chi connectivity index (χ2v) is 6.78. The van der Waals surface area contributed by atoms with Crippen LogP contribution in [-0.2, 0) is 4.74 Å². The lowest BCUT2D eigenvalue weighted by atomic mass is 9.85. The molecule has 0 radical (unpaired) electrons. The van der Waals surface area contributed by atoms with E-state index in [0.29, 0.717) is 6.54 Å². The standard InChI is InChI=1S/C15H27F3N2O/c1-3-13(2)10-19-14(6-4-5-7-14)11-20(13)8-9-21-12-15(16,17)18/h19H,3-12H2,1-2H3. The highest BCUT2D eigenvalue weighted by atomic mass is 19.4. The highest BCUT2D eigenvalue weighted by Gasteiger charge is 2.45. The van der Waals surface area contributed by atoms with Crippen molar-refractivity contribution in [1.82, 2.24) is 10.2 Å². The molecule has 124 valence electrons. The molecular formula is C15H27F3N2O. The van der Waals surface area contributed by atoms with Crippen molar-refractivity contribution in [2.24, 2.45) is 0 Å². The van der Waals surface area contributed by atoms with Gasteiger partial charge < -0.3 is 10.1 Å². The summed E-state index contributed by atoms with van der Waals surface area (Å²) in [5.74, 6) is 0. The van der Waals surface area contributed by atoms with Crippen LogP contribution in [0.4, 0.5) is 13.2 Å². The van der Waals surface area contributed by atoms with Crippen LogP contribution in [0.2, 0.25) is 0 Å². The van der Waals surface area contributed by atoms with Crippen LogP contribution in [0.15, 0.2) is 0 Å². The Morgan fingerprint density at radius 2 is 1.90 bits per heavy atom. The molecule has 1 aliphatic heterocycles. The fourth-order valence-electron chi connectivity index (χ4n) is 3.55. The molecule has 2 fully saturated rings. The number of halogens is 3. The fourth-order valence-corrected chi connectivity index (χ4v) is 3.55. The molecule has 1 spiro atoms. The number of alkyl halides is 3. The first-order valence-corrected chi connectivity index (χ1v) is 7.93. The molecule has 21 heavy (non-hydrogen) atoms. The number of nitrogens with one attached hydrogen (secondary N) is 1. The lowest BCUT2D eigenvalue weighted by molar-refractivity contribution is -0.175. The topological polar surface area (TPSA) is 24.5 Å². The lowest BCUT2D eigenvalue weighted by Crippen LogP contribution is -2.68. The maximum absolute atomic E-state index is 12.1. The minimum absolute atomic E-state index is 0.00936. The summed E-state index contributed by atoms with van der Waals surface area (Å²) < 4.78 is 41.2. The van der Waals surface area contributed by atoms with Crippen LogP contribution in [0.25, 0.3) is 0 Å². The third-order valence-electron chi connectivity index (χ3n) is 5.19. The van der Waals surface area contributed by atoms with Gasteiger partial charge >= 0.3 is 6.18 Å². The zero-order valence-electron chi connectivity index (χ0n) is 13.1. The van der Waals surface area contributed by atoms with Crippen molar-refractivity contribution in [3.05, 3.63) is 0 Å². The summed E-state index contributed by atoms with van der Waals surface area (Å²) in [7, 11) is 0. The molecule has 1 saturated carbocycles. The predicted molar refractivity (Wildman–Crippen MR) is 76.3 cm³/mol. The van der Waals surface area contributed by atoms with Gasteiger partial charge in [-0.25, -0.2) is 0 Å². The summed E-state index contributed by atoms with van der Waals surface area (Å²) in [6.07, 6.45) is 1.58. The van der Waals surface area contributed by atoms with Crippen LogP contribution >= 0.6 is 0 Å². The number of hydrogen-bond donors (Lipinski definition) is 1. The monoisotopic (exact) mass is 308 g/mol. The van der Waals surface area contributed by atoms with Crippen LogP contribution in [-0.4, -0.2) is 55.0 Å². The molecule has 0 aromatic heterocycles. The Labute approximate surface area is 125 Å². The van der Waals surface area contributed by atoms with E-state index >= 15 is 0 Å². The van der Waals surface area contributed by atoms with E-state index in [9.17, 15) is 13.2 Å². The molecule has 1 saturated heterocycles. The van der Waals surface area contributed by atoms with Crippen molar-refractivity contribution in [3.63, 3.8) is 0 Å². The van der Waals surface area contributed by atoms with Crippen LogP contribution in [0.5, 0.6) is 0 Å². The highest BCUT2D eigenvalue weighted by molar-refractivity contribution is 5.05. The van der Waals surface area contributed by atoms with Gasteiger partial charge in [0, 0.05) is 30.7 Å². The molecule has 1 heterocycles. The van der Waals surface area contributed by atoms with Crippen LogP contribution < -0.4 is 5.32 Å². The van der Waals surface area contributed by atoms with E-state index in [4.69, 9.17) is 4.74 Å². The van der Waals surface area contributed by atoms with E-state index in [1.165, 1.54) is 25.7 Å². The van der Waals surface area contributed by atoms with E-state index in [2.05, 4.69) is 24.1 Å². The van der Waals surface area contributed by atoms with Crippen molar-refractivity contribution in [2.45, 2.75) is 63.2 Å². The molecule has 0 bridgehead atoms. The highest BCUT2D eigenvalue weighted by Crippen LogP contribution is 2.36. The Kier molecular flexibility index (Phi) is 5.21. The summed E-state index contributed by atoms with van der Waals surface area (Å²) in [6.45, 7) is 5.72. The Morgan fingerprint density at radius 1 is 1.24 bits per heavy atom. The maximum atomic E-state index is 12.1. The summed E-state index contributed by atoms with van der Waals surface area (Å²) in [5.41, 5.74) is 0.189. The normalized spacial score (nSPS) is 30.1. The second kappa shape index (κ2) is 6.42. The lowest BCUT2D eigenvalue weighted by Gasteiger charge is -2.52. The zero-order chi connectivity index (χ0) is 15.6. The van der Waals surface area contributed by atoms with Crippen molar-refractivity contribution < 1.29 is 17.9 Å². The largest absolute Gasteiger partial charge is 0.411 e. The molecule has 1 unspecified atom stereocenters. The Bertz CT molecular complexity index is 342. The molecule has 1 atom stereocenters. The average molecular weight is 308 g/mol. The minimum Gasteiger partial charge on any atom is -0.371 e. The SMILES string of the molecule is CCC1(C)CNC2(CCCC2)CN1CCOCC(F)(F)F. The number of nitrogens with zero attached hydrogens (tertiary/aromatic N) is 1. The van der Waals surface area contributed by atoms with Gasteiger partial charge in [0.25, 0.3) is 0 Å². The molecule has 0 amide bonds. The van der Waals surface area contributed by atoms with Crippen molar-refractivity contribution in [3.8, 4) is 0 Å². The van der Waals surface area contributed by atoms with Crippen LogP contribution in [0.1, 0.15) is 46.0 Å². The van der Waals surface area contributed by atoms with Crippen molar-refractivity contribution >= 4 is 0 Å². The van der Waals surface area contributed by atoms with Crippen LogP contribution in [0, 0.1) is 0 Å². The molecule has 2 aliphatic rings. The second-order valence-electron chi connectivity index (χ2n) is 6.78. The maximum Gasteiger partial charge on any atom is 0.411 e. The van der Waals surface area contributed by atoms with E-state index < -0.39 is 12.8 Å². The molecule has 1 aliphatic carbocycles. The van der Waals surface area contributed by atoms with Crippen molar-refractivity contribution in [2.75, 3.05) is 32.8 Å². The Balaban J connectivity index is 1.89. The number of rotatable bonds is 5. The van der Waals surface area contributed by atoms with Gasteiger partial charge in [-0.15, -0.1) is 0 Å². The van der Waals surface area contributed by atoms with Gasteiger partial charge in [-0.05, 0) is 26.2 Å². The average Bonchev–Trinajstić information content (AvgIpc) is 2.86. The van der Waals surface area contributed by atoms with Gasteiger partial charge in [0.2, 0.25) is 0 Å². The smallest absolute Gasteiger partial charge is 0.371 e. The first kappa shape index (κ1) is 17.0. The van der Waals surface area contributed by atoms with Gasteiger partial charge in [-0.2, -0.15) is 13.2 Å². The number of ether oxygens (including phenoxy) is 1. The molecule has 2 rings (SSSR count). The van der Waals surface area contributed by atoms with Gasteiger partial charge in [0.15, 0.2) is 0 Å². The molecule has 0 aromatic rings. The predicted octanol–water partition coefficient (Wildman–Crippen LogP) is 2.95. The third-order valence-corrected chi connectivity index (χ3v) is 5.19. The molecule has 3 nitrogen and oxygen atoms in total. The van der Waals surface area contributed by atoms with Crippen molar-refractivity contribution in [1.29, 1.82) is 0 Å². The summed E-state index contributed by atoms with van der Waals surface area (Å²) in [4.78, 5) is 2.34. The van der Waals surface area contributed by atoms with E-state index in [1.54, 1.807) is 0 Å². The number of hydrogen-bond acceptors (Lipinski definition) is 3. The zero-order valence-corrected chi connectivity index (χ0v) is 13.1. The van der Waals surface area contributed by atoms with E-state index in [1.807, 2.05) is 0 Å². The van der Waals surface area contributed by atoms with Gasteiger partial charge in [-0.1, -0.05) is 19.8 Å². The molecular weight excluding hydrogens is 281 g/mol. The minimum atomic E-state index is -4.23. The summed E-state index contributed by atoms with van der Waals surface area (Å²) in [5, 5.41) is 3.72. The Hall–Kier alpha value is -0.330. The molecule has 0 aromatic carbocycles. The third kappa shape index (κ3) is 4.33. The van der Waals surface area contributed by atoms with E-state index in [0.717, 1.165) is 19.5 Å². The Morgan fingerprint density at radius 3 is 2.48 bits per heavy atom. The summed E-state index contributed by atoms with van der Waals surface area (Å²) in [6, 6.07) is 0. The number of piperazine rings is 1. The van der Waals surface area contributed by atoms with Crippen LogP contribution in [0.3, 0.4) is 0 Å². The van der Waals surface area contributed by atoms with E-state index in [-0.39, 0.29) is 17.7 Å². The van der Waals surface area contributed by atoms with Gasteiger partial charge in [0.1, 0.15) is 6.61 Å². The molecule has 1 N–H and O–H groups in total. The quantitative estimate of drug-likeness (QED) is 0.790. The first-order chi connectivity index (χ1) is 9.79. The van der Waals surface area contributed by atoms with Gasteiger partial charge in [0.05, 0.1) is 6.61 Å². The summed E-state index contributed by atoms with van der Waals surface area (Å²) >= 11 is 0. The van der Waals surface area contributed by atoms with Gasteiger partial charge in [-0.3, -0.25) is 4.90 Å². The molecule has 6 heteroatoms.